The predicted molar refractivity (Wildman–Crippen MR) is 80.9 cm³/mol. The highest BCUT2D eigenvalue weighted by Gasteiger charge is 2.39. The zero-order valence-corrected chi connectivity index (χ0v) is 12.7. The van der Waals surface area contributed by atoms with E-state index < -0.39 is 46.3 Å². The number of nitrogens with zero attached hydrogens (tertiary/aromatic N) is 2. The molecule has 1 heterocycles. The van der Waals surface area contributed by atoms with Crippen LogP contribution in [-0.2, 0) is 0 Å². The smallest absolute Gasteiger partial charge is 0.353 e. The largest absolute Gasteiger partial charge is 0.504 e. The molecule has 9 heteroatoms. The van der Waals surface area contributed by atoms with Crippen molar-refractivity contribution in [2.24, 2.45) is 0 Å². The van der Waals surface area contributed by atoms with Crippen molar-refractivity contribution in [3.05, 3.63) is 39.2 Å². The number of benzene rings is 2. The molecular formula is C13H6F3IN3O2. The van der Waals surface area contributed by atoms with Crippen LogP contribution >= 0.6 is 22.6 Å². The van der Waals surface area contributed by atoms with Gasteiger partial charge in [0.05, 0.1) is 5.69 Å². The Bertz CT molecular complexity index is 829. The second-order valence-electron chi connectivity index (χ2n) is 4.41. The lowest BCUT2D eigenvalue weighted by molar-refractivity contribution is 0.252. The summed E-state index contributed by atoms with van der Waals surface area (Å²) in [6.45, 7) is 0. The first-order valence-electron chi connectivity index (χ1n) is 5.83. The Balaban J connectivity index is 2.29. The molecule has 1 aliphatic heterocycles. The molecule has 3 rings (SSSR count). The summed E-state index contributed by atoms with van der Waals surface area (Å²) in [6, 6.07) is 2.77. The SMILES string of the molecule is Nc1c(O)c2c(c(F)c1F)N(c1ccc(I)cc1F)C(=O)[N]2. The molecule has 113 valence electrons. The summed E-state index contributed by atoms with van der Waals surface area (Å²) in [6.07, 6.45) is 0. The molecule has 0 atom stereocenters. The van der Waals surface area contributed by atoms with E-state index in [-0.39, 0.29) is 5.69 Å². The quantitative estimate of drug-likeness (QED) is 0.421. The number of fused-ring (bicyclic) bond motifs is 1. The number of phenolic OH excluding ortho intramolecular Hbond substituents is 1. The number of urea groups is 1. The Labute approximate surface area is 135 Å². The van der Waals surface area contributed by atoms with Gasteiger partial charge in [-0.05, 0) is 40.8 Å². The molecule has 0 spiro atoms. The van der Waals surface area contributed by atoms with Gasteiger partial charge in [-0.1, -0.05) is 0 Å². The van der Waals surface area contributed by atoms with Gasteiger partial charge in [0.2, 0.25) is 0 Å². The molecule has 0 aromatic heterocycles. The second kappa shape index (κ2) is 4.93. The van der Waals surface area contributed by atoms with Crippen molar-refractivity contribution in [3.63, 3.8) is 0 Å². The molecule has 2 aromatic carbocycles. The summed E-state index contributed by atoms with van der Waals surface area (Å²) in [4.78, 5) is 12.5. The first-order chi connectivity index (χ1) is 10.3. The summed E-state index contributed by atoms with van der Waals surface area (Å²) in [7, 11) is 0. The zero-order chi connectivity index (χ0) is 16.2. The third-order valence-corrected chi connectivity index (χ3v) is 3.78. The van der Waals surface area contributed by atoms with Crippen molar-refractivity contribution >= 4 is 51.4 Å². The Kier molecular flexibility index (Phi) is 3.31. The normalized spacial score (nSPS) is 13.3. The molecule has 0 saturated heterocycles. The lowest BCUT2D eigenvalue weighted by atomic mass is 10.2. The highest BCUT2D eigenvalue weighted by molar-refractivity contribution is 14.1. The molecule has 3 N–H and O–H groups in total. The van der Waals surface area contributed by atoms with Crippen molar-refractivity contribution in [2.45, 2.75) is 0 Å². The van der Waals surface area contributed by atoms with E-state index >= 15 is 0 Å². The molecule has 1 aliphatic rings. The Hall–Kier alpha value is -2.17. The van der Waals surface area contributed by atoms with E-state index in [0.717, 1.165) is 6.07 Å². The third-order valence-electron chi connectivity index (χ3n) is 3.11. The van der Waals surface area contributed by atoms with E-state index in [2.05, 4.69) is 5.32 Å². The van der Waals surface area contributed by atoms with Crippen molar-refractivity contribution in [3.8, 4) is 5.75 Å². The van der Waals surface area contributed by atoms with Crippen LogP contribution in [0.15, 0.2) is 18.2 Å². The van der Waals surface area contributed by atoms with Gasteiger partial charge in [-0.2, -0.15) is 5.32 Å². The molecule has 0 fully saturated rings. The number of carbonyl (C=O) groups is 1. The maximum absolute atomic E-state index is 14.1. The van der Waals surface area contributed by atoms with Crippen molar-refractivity contribution in [1.29, 1.82) is 0 Å². The van der Waals surface area contributed by atoms with Crippen LogP contribution in [0.5, 0.6) is 5.75 Å². The number of halogens is 4. The topological polar surface area (TPSA) is 80.7 Å². The van der Waals surface area contributed by atoms with Crippen LogP contribution < -0.4 is 16.0 Å². The maximum Gasteiger partial charge on any atom is 0.353 e. The number of hydrogen-bond donors (Lipinski definition) is 2. The number of amides is 2. The summed E-state index contributed by atoms with van der Waals surface area (Å²) in [5.41, 5.74) is 2.83. The molecule has 0 saturated carbocycles. The minimum atomic E-state index is -1.53. The van der Waals surface area contributed by atoms with Gasteiger partial charge in [0.25, 0.3) is 0 Å². The van der Waals surface area contributed by atoms with Crippen molar-refractivity contribution < 1.29 is 23.1 Å². The van der Waals surface area contributed by atoms with Gasteiger partial charge in [-0.15, -0.1) is 0 Å². The first kappa shape index (κ1) is 14.8. The number of hydrogen-bond acceptors (Lipinski definition) is 3. The lowest BCUT2D eigenvalue weighted by Gasteiger charge is -2.17. The van der Waals surface area contributed by atoms with Crippen LogP contribution in [0.2, 0.25) is 0 Å². The second-order valence-corrected chi connectivity index (χ2v) is 5.66. The van der Waals surface area contributed by atoms with Crippen LogP contribution in [0.4, 0.5) is 40.7 Å². The predicted octanol–water partition coefficient (Wildman–Crippen LogP) is 3.50. The number of rotatable bonds is 1. The Morgan fingerprint density at radius 1 is 1.23 bits per heavy atom. The highest BCUT2D eigenvalue weighted by Crippen LogP contribution is 2.49. The van der Waals surface area contributed by atoms with Gasteiger partial charge in [-0.3, -0.25) is 4.90 Å². The summed E-state index contributed by atoms with van der Waals surface area (Å²) >= 11 is 1.85. The fraction of sp³-hybridized carbons (Fsp3) is 0. The van der Waals surface area contributed by atoms with Gasteiger partial charge < -0.3 is 10.8 Å². The molecule has 2 aromatic rings. The third kappa shape index (κ3) is 1.95. The van der Waals surface area contributed by atoms with Gasteiger partial charge in [-0.25, -0.2) is 18.0 Å². The Morgan fingerprint density at radius 3 is 2.55 bits per heavy atom. The molecule has 0 bridgehead atoms. The van der Waals surface area contributed by atoms with Gasteiger partial charge in [0, 0.05) is 3.57 Å². The first-order valence-corrected chi connectivity index (χ1v) is 6.91. The van der Waals surface area contributed by atoms with E-state index in [1.165, 1.54) is 12.1 Å². The van der Waals surface area contributed by atoms with Crippen molar-refractivity contribution in [1.82, 2.24) is 5.32 Å². The summed E-state index contributed by atoms with van der Waals surface area (Å²) < 4.78 is 42.4. The fourth-order valence-corrected chi connectivity index (χ4v) is 2.56. The molecule has 0 aliphatic carbocycles. The van der Waals surface area contributed by atoms with E-state index in [1.54, 1.807) is 0 Å². The number of aromatic hydroxyl groups is 1. The number of carbonyl (C=O) groups excluding carboxylic acids is 1. The summed E-state index contributed by atoms with van der Waals surface area (Å²) in [5.74, 6) is -4.70. The minimum Gasteiger partial charge on any atom is -0.504 e. The number of nitrogen functional groups attached to an aromatic ring is 1. The van der Waals surface area contributed by atoms with Gasteiger partial charge >= 0.3 is 6.03 Å². The summed E-state index contributed by atoms with van der Waals surface area (Å²) in [5, 5.41) is 13.1. The van der Waals surface area contributed by atoms with Gasteiger partial charge in [0.15, 0.2) is 17.4 Å². The molecule has 22 heavy (non-hydrogen) atoms. The van der Waals surface area contributed by atoms with Crippen LogP contribution in [0.25, 0.3) is 0 Å². The maximum atomic E-state index is 14.1. The lowest BCUT2D eigenvalue weighted by Crippen LogP contribution is -2.24. The van der Waals surface area contributed by atoms with E-state index in [4.69, 9.17) is 5.73 Å². The van der Waals surface area contributed by atoms with E-state index in [9.17, 15) is 23.1 Å². The minimum absolute atomic E-state index is 0.310. The van der Waals surface area contributed by atoms with Crippen LogP contribution in [-0.4, -0.2) is 11.1 Å². The van der Waals surface area contributed by atoms with Crippen LogP contribution in [0.1, 0.15) is 0 Å². The number of anilines is 3. The fourth-order valence-electron chi connectivity index (χ4n) is 2.11. The standard InChI is InChI=1S/C13H6F3IN3O2/c14-5-3-4(17)1-2-6(5)20-11-8(16)7(15)9(18)12(21)10(11)19-13(20)22/h1-3,21H,18H2. The van der Waals surface area contributed by atoms with E-state index in [0.29, 0.717) is 8.47 Å². The average Bonchev–Trinajstić information content (AvgIpc) is 2.81. The molecule has 0 unspecified atom stereocenters. The van der Waals surface area contributed by atoms with E-state index in [1.807, 2.05) is 22.6 Å². The average molecular weight is 420 g/mol. The monoisotopic (exact) mass is 420 g/mol. The van der Waals surface area contributed by atoms with Gasteiger partial charge in [0.1, 0.15) is 22.9 Å². The number of nitrogens with two attached hydrogens (primary N) is 1. The molecular weight excluding hydrogens is 414 g/mol. The van der Waals surface area contributed by atoms with Crippen molar-refractivity contribution in [2.75, 3.05) is 10.6 Å². The number of phenols is 1. The van der Waals surface area contributed by atoms with Crippen LogP contribution in [0, 0.1) is 21.0 Å². The Morgan fingerprint density at radius 2 is 1.91 bits per heavy atom. The highest BCUT2D eigenvalue weighted by atomic mass is 127. The van der Waals surface area contributed by atoms with Crippen LogP contribution in [0.3, 0.4) is 0 Å². The molecule has 5 nitrogen and oxygen atoms in total. The zero-order valence-electron chi connectivity index (χ0n) is 10.6. The molecule has 2 amide bonds. The molecule has 1 radical (unpaired) electrons.